The summed E-state index contributed by atoms with van der Waals surface area (Å²) in [7, 11) is 0. The van der Waals surface area contributed by atoms with Crippen LogP contribution >= 0.6 is 11.6 Å². The van der Waals surface area contributed by atoms with E-state index in [1.165, 1.54) is 5.56 Å². The second-order valence-corrected chi connectivity index (χ2v) is 5.43. The van der Waals surface area contributed by atoms with Gasteiger partial charge in [0.25, 0.3) is 0 Å². The minimum absolute atomic E-state index is 0.0370. The highest BCUT2D eigenvalue weighted by molar-refractivity contribution is 6.32. The molecule has 1 atom stereocenters. The Labute approximate surface area is 124 Å². The van der Waals surface area contributed by atoms with Crippen LogP contribution in [0.2, 0.25) is 0 Å². The second kappa shape index (κ2) is 5.68. The quantitative estimate of drug-likeness (QED) is 0.765. The molecule has 0 radical (unpaired) electrons. The van der Waals surface area contributed by atoms with Crippen molar-refractivity contribution >= 4 is 23.2 Å². The zero-order valence-corrected chi connectivity index (χ0v) is 11.9. The molecule has 20 heavy (non-hydrogen) atoms. The molecular weight excluding hydrogens is 270 g/mol. The van der Waals surface area contributed by atoms with Crippen molar-refractivity contribution in [1.29, 1.82) is 0 Å². The Morgan fingerprint density at radius 2 is 1.75 bits per heavy atom. The number of hydrogen-bond donors (Lipinski definition) is 0. The largest absolute Gasteiger partial charge is 0.311 e. The van der Waals surface area contributed by atoms with Gasteiger partial charge in [0.1, 0.15) is 5.38 Å². The van der Waals surface area contributed by atoms with Crippen LogP contribution < -0.4 is 4.90 Å². The van der Waals surface area contributed by atoms with Crippen LogP contribution in [-0.4, -0.2) is 12.5 Å². The summed E-state index contributed by atoms with van der Waals surface area (Å²) in [5, 5.41) is -0.623. The molecule has 0 fully saturated rings. The molecule has 0 aliphatic carbocycles. The molecule has 2 aromatic rings. The molecule has 1 unspecified atom stereocenters. The lowest BCUT2D eigenvalue weighted by atomic mass is 10.0. The minimum atomic E-state index is -0.623. The maximum absolute atomic E-state index is 12.7. The van der Waals surface area contributed by atoms with Gasteiger partial charge in [-0.25, -0.2) is 0 Å². The van der Waals surface area contributed by atoms with E-state index in [0.29, 0.717) is 0 Å². The SMILES string of the molecule is O=C(C(Cl)c1ccccc1)N1CCCc2ccccc21. The van der Waals surface area contributed by atoms with E-state index in [-0.39, 0.29) is 5.91 Å². The third kappa shape index (κ3) is 2.44. The van der Waals surface area contributed by atoms with Gasteiger partial charge in [-0.3, -0.25) is 4.79 Å². The average molecular weight is 286 g/mol. The molecular formula is C17H16ClNO. The first-order valence-corrected chi connectivity index (χ1v) is 7.29. The number of fused-ring (bicyclic) bond motifs is 1. The van der Waals surface area contributed by atoms with Crippen molar-refractivity contribution in [2.45, 2.75) is 18.2 Å². The normalized spacial score (nSPS) is 15.6. The zero-order valence-electron chi connectivity index (χ0n) is 11.1. The molecule has 3 heteroatoms. The van der Waals surface area contributed by atoms with Crippen molar-refractivity contribution in [3.8, 4) is 0 Å². The van der Waals surface area contributed by atoms with E-state index in [1.54, 1.807) is 0 Å². The molecule has 3 rings (SSSR count). The molecule has 1 heterocycles. The van der Waals surface area contributed by atoms with Gasteiger partial charge in [0, 0.05) is 12.2 Å². The number of halogens is 1. The predicted molar refractivity (Wildman–Crippen MR) is 82.2 cm³/mol. The van der Waals surface area contributed by atoms with Gasteiger partial charge in [0.2, 0.25) is 5.91 Å². The second-order valence-electron chi connectivity index (χ2n) is 5.00. The lowest BCUT2D eigenvalue weighted by molar-refractivity contribution is -0.118. The van der Waals surface area contributed by atoms with Crippen LogP contribution in [0.3, 0.4) is 0 Å². The number of hydrogen-bond acceptors (Lipinski definition) is 1. The fourth-order valence-electron chi connectivity index (χ4n) is 2.66. The molecule has 0 bridgehead atoms. The number of rotatable bonds is 2. The number of amides is 1. The van der Waals surface area contributed by atoms with E-state index in [0.717, 1.165) is 30.6 Å². The molecule has 0 N–H and O–H groups in total. The Balaban J connectivity index is 1.89. The van der Waals surface area contributed by atoms with Crippen LogP contribution in [-0.2, 0) is 11.2 Å². The fourth-order valence-corrected chi connectivity index (χ4v) is 2.93. The van der Waals surface area contributed by atoms with Crippen molar-refractivity contribution in [2.75, 3.05) is 11.4 Å². The number of nitrogens with zero attached hydrogens (tertiary/aromatic N) is 1. The number of alkyl halides is 1. The summed E-state index contributed by atoms with van der Waals surface area (Å²) in [4.78, 5) is 14.5. The molecule has 0 spiro atoms. The van der Waals surface area contributed by atoms with Gasteiger partial charge >= 0.3 is 0 Å². The van der Waals surface area contributed by atoms with E-state index in [9.17, 15) is 4.79 Å². The first-order valence-electron chi connectivity index (χ1n) is 6.85. The van der Waals surface area contributed by atoms with Gasteiger partial charge in [-0.15, -0.1) is 11.6 Å². The van der Waals surface area contributed by atoms with Crippen LogP contribution in [0.4, 0.5) is 5.69 Å². The Kier molecular flexibility index (Phi) is 3.75. The summed E-state index contributed by atoms with van der Waals surface area (Å²) in [6.07, 6.45) is 2.01. The van der Waals surface area contributed by atoms with Gasteiger partial charge in [0.05, 0.1) is 0 Å². The van der Waals surface area contributed by atoms with E-state index in [1.807, 2.05) is 53.4 Å². The highest BCUT2D eigenvalue weighted by atomic mass is 35.5. The molecule has 0 saturated carbocycles. The highest BCUT2D eigenvalue weighted by Gasteiger charge is 2.28. The summed E-state index contributed by atoms with van der Waals surface area (Å²) < 4.78 is 0. The third-order valence-corrected chi connectivity index (χ3v) is 4.12. The molecule has 0 aromatic heterocycles. The van der Waals surface area contributed by atoms with Gasteiger partial charge in [-0.1, -0.05) is 48.5 Å². The molecule has 1 aliphatic heterocycles. The van der Waals surface area contributed by atoms with E-state index >= 15 is 0 Å². The van der Waals surface area contributed by atoms with Crippen molar-refractivity contribution < 1.29 is 4.79 Å². The number of anilines is 1. The Hall–Kier alpha value is -1.80. The summed E-state index contributed by atoms with van der Waals surface area (Å²) in [6, 6.07) is 17.6. The Morgan fingerprint density at radius 3 is 2.55 bits per heavy atom. The number of carbonyl (C=O) groups excluding carboxylic acids is 1. The maximum atomic E-state index is 12.7. The van der Waals surface area contributed by atoms with Crippen LogP contribution in [0.15, 0.2) is 54.6 Å². The van der Waals surface area contributed by atoms with Crippen LogP contribution in [0.25, 0.3) is 0 Å². The fraction of sp³-hybridized carbons (Fsp3) is 0.235. The van der Waals surface area contributed by atoms with Crippen LogP contribution in [0.1, 0.15) is 22.9 Å². The van der Waals surface area contributed by atoms with Gasteiger partial charge < -0.3 is 4.90 Å². The van der Waals surface area contributed by atoms with E-state index in [4.69, 9.17) is 11.6 Å². The number of carbonyl (C=O) groups is 1. The van der Waals surface area contributed by atoms with Gasteiger partial charge in [-0.05, 0) is 30.0 Å². The standard InChI is InChI=1S/C17H16ClNO/c18-16(14-8-2-1-3-9-14)17(20)19-12-6-10-13-7-4-5-11-15(13)19/h1-5,7-9,11,16H,6,10,12H2. The van der Waals surface area contributed by atoms with Crippen molar-refractivity contribution in [3.63, 3.8) is 0 Å². The zero-order chi connectivity index (χ0) is 13.9. The number of para-hydroxylation sites is 1. The Morgan fingerprint density at radius 1 is 1.05 bits per heavy atom. The minimum Gasteiger partial charge on any atom is -0.311 e. The van der Waals surface area contributed by atoms with Crippen molar-refractivity contribution in [2.24, 2.45) is 0 Å². The van der Waals surface area contributed by atoms with Crippen LogP contribution in [0, 0.1) is 0 Å². The highest BCUT2D eigenvalue weighted by Crippen LogP contribution is 2.31. The first kappa shape index (κ1) is 13.2. The summed E-state index contributed by atoms with van der Waals surface area (Å²) >= 11 is 6.37. The van der Waals surface area contributed by atoms with E-state index < -0.39 is 5.38 Å². The maximum Gasteiger partial charge on any atom is 0.249 e. The van der Waals surface area contributed by atoms with Crippen molar-refractivity contribution in [3.05, 3.63) is 65.7 Å². The van der Waals surface area contributed by atoms with Crippen molar-refractivity contribution in [1.82, 2.24) is 0 Å². The topological polar surface area (TPSA) is 20.3 Å². The molecule has 1 amide bonds. The van der Waals surface area contributed by atoms with Gasteiger partial charge in [0.15, 0.2) is 0 Å². The third-order valence-electron chi connectivity index (χ3n) is 3.69. The molecule has 0 saturated heterocycles. The smallest absolute Gasteiger partial charge is 0.249 e. The predicted octanol–water partition coefficient (Wildman–Crippen LogP) is 3.95. The number of aryl methyl sites for hydroxylation is 1. The summed E-state index contributed by atoms with van der Waals surface area (Å²) in [6.45, 7) is 0.742. The lowest BCUT2D eigenvalue weighted by Gasteiger charge is -2.31. The summed E-state index contributed by atoms with van der Waals surface area (Å²) in [5.41, 5.74) is 3.08. The molecule has 2 aromatic carbocycles. The summed E-state index contributed by atoms with van der Waals surface area (Å²) in [5.74, 6) is -0.0370. The molecule has 2 nitrogen and oxygen atoms in total. The molecule has 102 valence electrons. The Bertz CT molecular complexity index is 611. The monoisotopic (exact) mass is 285 g/mol. The number of benzene rings is 2. The van der Waals surface area contributed by atoms with Crippen LogP contribution in [0.5, 0.6) is 0 Å². The molecule has 1 aliphatic rings. The lowest BCUT2D eigenvalue weighted by Crippen LogP contribution is -2.37. The first-order chi connectivity index (χ1) is 9.77. The van der Waals surface area contributed by atoms with Gasteiger partial charge in [-0.2, -0.15) is 0 Å². The average Bonchev–Trinajstić information content (AvgIpc) is 2.54. The van der Waals surface area contributed by atoms with E-state index in [2.05, 4.69) is 6.07 Å².